The largest absolute Gasteiger partial charge is 0.481 e. The number of thiazole rings is 1. The number of aliphatic carboxylic acids is 1. The molecule has 0 radical (unpaired) electrons. The minimum atomic E-state index is -0.719. The summed E-state index contributed by atoms with van der Waals surface area (Å²) in [6.45, 7) is 3.46. The van der Waals surface area contributed by atoms with Crippen LogP contribution in [0.15, 0.2) is 42.5 Å². The molecule has 28 heavy (non-hydrogen) atoms. The first-order valence-electron chi connectivity index (χ1n) is 9.60. The van der Waals surface area contributed by atoms with Crippen LogP contribution in [0.25, 0.3) is 5.57 Å². The van der Waals surface area contributed by atoms with Gasteiger partial charge in [0.25, 0.3) is 0 Å². The Morgan fingerprint density at radius 1 is 1.32 bits per heavy atom. The van der Waals surface area contributed by atoms with E-state index in [0.717, 1.165) is 52.6 Å². The van der Waals surface area contributed by atoms with Gasteiger partial charge in [0.05, 0.1) is 11.6 Å². The summed E-state index contributed by atoms with van der Waals surface area (Å²) >= 11 is 1.63. The van der Waals surface area contributed by atoms with Crippen LogP contribution >= 0.6 is 11.3 Å². The fourth-order valence-corrected chi connectivity index (χ4v) is 4.86. The summed E-state index contributed by atoms with van der Waals surface area (Å²) in [5, 5.41) is 10.2. The van der Waals surface area contributed by atoms with E-state index in [1.54, 1.807) is 11.3 Å². The highest BCUT2D eigenvalue weighted by Crippen LogP contribution is 2.36. The Morgan fingerprint density at radius 2 is 2.11 bits per heavy atom. The molecule has 2 aliphatic rings. The number of rotatable bonds is 4. The summed E-state index contributed by atoms with van der Waals surface area (Å²) in [5.41, 5.74) is 3.19. The zero-order valence-corrected chi connectivity index (χ0v) is 16.6. The molecule has 1 aromatic heterocycles. The van der Waals surface area contributed by atoms with Crippen molar-refractivity contribution in [2.24, 2.45) is 5.92 Å². The number of halogens is 1. The van der Waals surface area contributed by atoms with Crippen molar-refractivity contribution >= 4 is 28.0 Å². The third-order valence-electron chi connectivity index (χ3n) is 5.50. The number of nitrogens with zero attached hydrogens (tertiary/aromatic N) is 2. The molecule has 0 spiro atoms. The van der Waals surface area contributed by atoms with Crippen molar-refractivity contribution in [3.05, 3.63) is 64.4 Å². The Balaban J connectivity index is 1.49. The number of hydrogen-bond acceptors (Lipinski definition) is 4. The monoisotopic (exact) mass is 398 g/mol. The Bertz CT molecular complexity index is 933. The van der Waals surface area contributed by atoms with Crippen LogP contribution in [0.4, 0.5) is 9.52 Å². The number of hydrogen-bond donors (Lipinski definition) is 1. The van der Waals surface area contributed by atoms with Gasteiger partial charge >= 0.3 is 5.97 Å². The molecule has 0 amide bonds. The molecule has 4 rings (SSSR count). The van der Waals surface area contributed by atoms with E-state index < -0.39 is 5.97 Å². The predicted molar refractivity (Wildman–Crippen MR) is 110 cm³/mol. The molecule has 146 valence electrons. The van der Waals surface area contributed by atoms with Crippen molar-refractivity contribution in [3.63, 3.8) is 0 Å². The summed E-state index contributed by atoms with van der Waals surface area (Å²) in [6, 6.07) is 6.68. The molecule has 1 N–H and O–H groups in total. The highest BCUT2D eigenvalue weighted by molar-refractivity contribution is 7.15. The molecule has 4 nitrogen and oxygen atoms in total. The van der Waals surface area contributed by atoms with E-state index in [-0.39, 0.29) is 17.7 Å². The second-order valence-corrected chi connectivity index (χ2v) is 8.62. The Morgan fingerprint density at radius 3 is 2.79 bits per heavy atom. The quantitative estimate of drug-likeness (QED) is 0.786. The van der Waals surface area contributed by atoms with Gasteiger partial charge in [-0.3, -0.25) is 4.79 Å². The molecular formula is C22H23FN2O2S. The molecule has 2 unspecified atom stereocenters. The molecule has 1 aliphatic carbocycles. The molecule has 0 bridgehead atoms. The van der Waals surface area contributed by atoms with E-state index in [9.17, 15) is 14.3 Å². The molecule has 2 atom stereocenters. The molecule has 0 saturated carbocycles. The minimum Gasteiger partial charge on any atom is -0.481 e. The summed E-state index contributed by atoms with van der Waals surface area (Å²) < 4.78 is 13.1. The molecule has 1 aromatic carbocycles. The summed E-state index contributed by atoms with van der Waals surface area (Å²) in [5.74, 6) is -0.996. The number of anilines is 1. The third kappa shape index (κ3) is 3.87. The molecule has 2 aromatic rings. The SMILES string of the molecule is Cc1sc(N2CCCC(C(=O)O)C2)nc1C1=CCC(c2ccc(F)cc2)C=C1. The van der Waals surface area contributed by atoms with E-state index in [1.165, 1.54) is 12.1 Å². The van der Waals surface area contributed by atoms with Gasteiger partial charge in [-0.2, -0.15) is 0 Å². The fraction of sp³-hybridized carbons (Fsp3) is 0.364. The average molecular weight is 399 g/mol. The van der Waals surface area contributed by atoms with E-state index in [2.05, 4.69) is 30.1 Å². The summed E-state index contributed by atoms with van der Waals surface area (Å²) in [4.78, 5) is 19.4. The molecule has 1 aliphatic heterocycles. The summed E-state index contributed by atoms with van der Waals surface area (Å²) in [7, 11) is 0. The summed E-state index contributed by atoms with van der Waals surface area (Å²) in [6.07, 6.45) is 8.92. The number of aromatic nitrogens is 1. The van der Waals surface area contributed by atoms with Crippen LogP contribution in [-0.2, 0) is 4.79 Å². The lowest BCUT2D eigenvalue weighted by atomic mass is 9.89. The lowest BCUT2D eigenvalue weighted by Crippen LogP contribution is -2.38. The second kappa shape index (κ2) is 7.87. The van der Waals surface area contributed by atoms with Crippen LogP contribution in [0.2, 0.25) is 0 Å². The van der Waals surface area contributed by atoms with Crippen LogP contribution in [0.1, 0.15) is 41.3 Å². The maximum Gasteiger partial charge on any atom is 0.308 e. The first-order chi connectivity index (χ1) is 13.5. The van der Waals surface area contributed by atoms with Crippen LogP contribution in [0.3, 0.4) is 0 Å². The van der Waals surface area contributed by atoms with Crippen LogP contribution in [0.5, 0.6) is 0 Å². The van der Waals surface area contributed by atoms with Gasteiger partial charge in [0.1, 0.15) is 5.82 Å². The highest BCUT2D eigenvalue weighted by atomic mass is 32.1. The maximum atomic E-state index is 13.1. The number of carbonyl (C=O) groups is 1. The number of carboxylic acids is 1. The van der Waals surface area contributed by atoms with Crippen molar-refractivity contribution in [1.29, 1.82) is 0 Å². The Hall–Kier alpha value is -2.47. The van der Waals surface area contributed by atoms with E-state index in [4.69, 9.17) is 4.98 Å². The first-order valence-corrected chi connectivity index (χ1v) is 10.4. The molecule has 2 heterocycles. The van der Waals surface area contributed by atoms with Crippen LogP contribution in [-0.4, -0.2) is 29.1 Å². The standard InChI is InChI=1S/C22H23FN2O2S/c1-14-20(24-22(28-14)25-12-2-3-18(13-25)21(26)27)17-6-4-15(5-7-17)16-8-10-19(23)11-9-16/h4,6-11,15,18H,2-3,5,12-13H2,1H3,(H,26,27). The van der Waals surface area contributed by atoms with Gasteiger partial charge in [0, 0.05) is 23.9 Å². The van der Waals surface area contributed by atoms with Crippen LogP contribution in [0, 0.1) is 18.7 Å². The van der Waals surface area contributed by atoms with E-state index in [1.807, 2.05) is 12.1 Å². The van der Waals surface area contributed by atoms with Gasteiger partial charge < -0.3 is 10.0 Å². The molecule has 6 heteroatoms. The number of benzene rings is 1. The van der Waals surface area contributed by atoms with Crippen molar-refractivity contribution in [1.82, 2.24) is 4.98 Å². The smallest absolute Gasteiger partial charge is 0.308 e. The van der Waals surface area contributed by atoms with Crippen molar-refractivity contribution < 1.29 is 14.3 Å². The van der Waals surface area contributed by atoms with Gasteiger partial charge in [-0.05, 0) is 49.5 Å². The van der Waals surface area contributed by atoms with Gasteiger partial charge in [-0.25, -0.2) is 9.37 Å². The highest BCUT2D eigenvalue weighted by Gasteiger charge is 2.27. The Labute approximate surface area is 168 Å². The zero-order chi connectivity index (χ0) is 19.7. The lowest BCUT2D eigenvalue weighted by Gasteiger charge is -2.30. The minimum absolute atomic E-state index is 0.215. The van der Waals surface area contributed by atoms with Gasteiger partial charge in [0.2, 0.25) is 0 Å². The normalized spacial score (nSPS) is 22.2. The predicted octanol–water partition coefficient (Wildman–Crippen LogP) is 5.02. The number of carboxylic acid groups (broad SMARTS) is 1. The van der Waals surface area contributed by atoms with Gasteiger partial charge in [0.15, 0.2) is 5.13 Å². The molecule has 1 saturated heterocycles. The zero-order valence-electron chi connectivity index (χ0n) is 15.8. The van der Waals surface area contributed by atoms with Crippen molar-refractivity contribution in [2.45, 2.75) is 32.1 Å². The molecule has 1 fully saturated rings. The topological polar surface area (TPSA) is 53.4 Å². The number of piperidine rings is 1. The third-order valence-corrected chi connectivity index (χ3v) is 6.53. The fourth-order valence-electron chi connectivity index (χ4n) is 3.89. The Kier molecular flexibility index (Phi) is 5.31. The molecular weight excluding hydrogens is 375 g/mol. The van der Waals surface area contributed by atoms with Crippen molar-refractivity contribution in [3.8, 4) is 0 Å². The number of allylic oxidation sites excluding steroid dienone is 4. The second-order valence-electron chi connectivity index (χ2n) is 7.44. The van der Waals surface area contributed by atoms with E-state index >= 15 is 0 Å². The number of aryl methyl sites for hydroxylation is 1. The first kappa shape index (κ1) is 18.9. The average Bonchev–Trinajstić information content (AvgIpc) is 3.10. The van der Waals surface area contributed by atoms with E-state index in [0.29, 0.717) is 6.54 Å². The maximum absolute atomic E-state index is 13.1. The van der Waals surface area contributed by atoms with Crippen LogP contribution < -0.4 is 4.90 Å². The van der Waals surface area contributed by atoms with Gasteiger partial charge in [-0.15, -0.1) is 11.3 Å². The van der Waals surface area contributed by atoms with Gasteiger partial charge in [-0.1, -0.05) is 30.4 Å². The lowest BCUT2D eigenvalue weighted by molar-refractivity contribution is -0.141. The van der Waals surface area contributed by atoms with Crippen molar-refractivity contribution in [2.75, 3.05) is 18.0 Å².